The lowest BCUT2D eigenvalue weighted by atomic mass is 10.2. The molecule has 0 radical (unpaired) electrons. The number of halogens is 3. The largest absolute Gasteiger partial charge is 0.316 e. The number of nitrogens with zero attached hydrogens (tertiary/aromatic N) is 1. The van der Waals surface area contributed by atoms with Crippen molar-refractivity contribution in [1.82, 2.24) is 0 Å². The molecule has 0 aliphatic carbocycles. The fraction of sp³-hybridized carbons (Fsp3) is 0. The van der Waals surface area contributed by atoms with Crippen LogP contribution in [-0.2, 0) is 0 Å². The average Bonchev–Trinajstić information content (AvgIpc) is 2.41. The Labute approximate surface area is 125 Å². The van der Waals surface area contributed by atoms with E-state index in [1.807, 2.05) is 0 Å². The van der Waals surface area contributed by atoms with Crippen LogP contribution in [0.1, 0.15) is 10.4 Å². The van der Waals surface area contributed by atoms with Crippen molar-refractivity contribution in [3.05, 3.63) is 68.2 Å². The molecule has 0 saturated carbocycles. The summed E-state index contributed by atoms with van der Waals surface area (Å²) in [7, 11) is 0. The van der Waals surface area contributed by atoms with Gasteiger partial charge in [-0.3, -0.25) is 14.9 Å². The van der Waals surface area contributed by atoms with Crippen LogP contribution in [0.15, 0.2) is 40.9 Å². The van der Waals surface area contributed by atoms with E-state index in [0.717, 1.165) is 30.3 Å². The van der Waals surface area contributed by atoms with E-state index in [1.165, 1.54) is 6.07 Å². The Morgan fingerprint density at radius 3 is 2.43 bits per heavy atom. The van der Waals surface area contributed by atoms with E-state index >= 15 is 0 Å². The second kappa shape index (κ2) is 5.96. The molecule has 21 heavy (non-hydrogen) atoms. The van der Waals surface area contributed by atoms with Crippen molar-refractivity contribution >= 4 is 33.2 Å². The summed E-state index contributed by atoms with van der Waals surface area (Å²) in [5, 5.41) is 13.0. The van der Waals surface area contributed by atoms with Crippen molar-refractivity contribution in [1.29, 1.82) is 0 Å². The first-order valence-corrected chi connectivity index (χ1v) is 6.38. The highest BCUT2D eigenvalue weighted by Gasteiger charge is 2.19. The van der Waals surface area contributed by atoms with Gasteiger partial charge in [0.05, 0.1) is 10.5 Å². The molecule has 0 heterocycles. The Bertz CT molecular complexity index is 737. The zero-order valence-corrected chi connectivity index (χ0v) is 11.9. The summed E-state index contributed by atoms with van der Waals surface area (Å²) >= 11 is 3.07. The van der Waals surface area contributed by atoms with Gasteiger partial charge in [-0.25, -0.2) is 8.78 Å². The lowest BCUT2D eigenvalue weighted by molar-refractivity contribution is -0.384. The number of hydrogen-bond donors (Lipinski definition) is 1. The molecular formula is C13H7BrF2N2O3. The van der Waals surface area contributed by atoms with E-state index in [-0.39, 0.29) is 11.3 Å². The van der Waals surface area contributed by atoms with Crippen LogP contribution in [0.5, 0.6) is 0 Å². The molecule has 0 atom stereocenters. The van der Waals surface area contributed by atoms with Crippen LogP contribution >= 0.6 is 15.9 Å². The number of anilines is 1. The maximum absolute atomic E-state index is 13.2. The van der Waals surface area contributed by atoms with Crippen LogP contribution in [0.3, 0.4) is 0 Å². The van der Waals surface area contributed by atoms with E-state index in [9.17, 15) is 23.7 Å². The normalized spacial score (nSPS) is 10.2. The van der Waals surface area contributed by atoms with Gasteiger partial charge in [-0.05, 0) is 40.2 Å². The molecule has 0 unspecified atom stereocenters. The highest BCUT2D eigenvalue weighted by molar-refractivity contribution is 9.10. The van der Waals surface area contributed by atoms with Crippen LogP contribution in [0.4, 0.5) is 20.2 Å². The molecule has 1 amide bonds. The number of benzene rings is 2. The van der Waals surface area contributed by atoms with Gasteiger partial charge in [0, 0.05) is 16.6 Å². The van der Waals surface area contributed by atoms with E-state index in [4.69, 9.17) is 0 Å². The predicted molar refractivity (Wildman–Crippen MR) is 75.1 cm³/mol. The second-order valence-corrected chi connectivity index (χ2v) is 4.85. The smallest absolute Gasteiger partial charge is 0.292 e. The van der Waals surface area contributed by atoms with Gasteiger partial charge < -0.3 is 5.32 Å². The van der Waals surface area contributed by atoms with Crippen LogP contribution < -0.4 is 5.32 Å². The zero-order valence-electron chi connectivity index (χ0n) is 10.3. The minimum Gasteiger partial charge on any atom is -0.316 e. The van der Waals surface area contributed by atoms with E-state index in [2.05, 4.69) is 21.2 Å². The molecule has 0 aromatic heterocycles. The highest BCUT2D eigenvalue weighted by atomic mass is 79.9. The summed E-state index contributed by atoms with van der Waals surface area (Å²) in [5.41, 5.74) is -0.827. The van der Waals surface area contributed by atoms with E-state index in [0.29, 0.717) is 4.47 Å². The zero-order chi connectivity index (χ0) is 15.6. The third kappa shape index (κ3) is 3.40. The standard InChI is InChI=1S/C13H7BrF2N2O3/c14-10-3-1-7(15)5-9(10)13(19)17-11-6-8(16)2-4-12(11)18(20)21/h1-6H,(H,17,19). The first-order valence-electron chi connectivity index (χ1n) is 5.59. The summed E-state index contributed by atoms with van der Waals surface area (Å²) < 4.78 is 26.6. The molecule has 8 heteroatoms. The molecule has 2 aromatic rings. The van der Waals surface area contributed by atoms with Crippen molar-refractivity contribution in [3.63, 3.8) is 0 Å². The number of amides is 1. The summed E-state index contributed by atoms with van der Waals surface area (Å²) in [6.07, 6.45) is 0. The first-order chi connectivity index (χ1) is 9.88. The summed E-state index contributed by atoms with van der Waals surface area (Å²) in [6.45, 7) is 0. The maximum atomic E-state index is 13.2. The van der Waals surface area contributed by atoms with Crippen molar-refractivity contribution in [2.24, 2.45) is 0 Å². The fourth-order valence-electron chi connectivity index (χ4n) is 1.63. The van der Waals surface area contributed by atoms with Crippen molar-refractivity contribution in [3.8, 4) is 0 Å². The van der Waals surface area contributed by atoms with Gasteiger partial charge in [0.1, 0.15) is 17.3 Å². The molecule has 1 N–H and O–H groups in total. The van der Waals surface area contributed by atoms with Gasteiger partial charge in [0.15, 0.2) is 0 Å². The molecular weight excluding hydrogens is 350 g/mol. The Balaban J connectivity index is 2.38. The van der Waals surface area contributed by atoms with Gasteiger partial charge in [-0.1, -0.05) is 0 Å². The molecule has 5 nitrogen and oxygen atoms in total. The van der Waals surface area contributed by atoms with Gasteiger partial charge in [-0.15, -0.1) is 0 Å². The topological polar surface area (TPSA) is 72.2 Å². The molecule has 2 rings (SSSR count). The number of nitro benzene ring substituents is 1. The molecule has 0 fully saturated rings. The van der Waals surface area contributed by atoms with Crippen LogP contribution in [-0.4, -0.2) is 10.8 Å². The lowest BCUT2D eigenvalue weighted by Crippen LogP contribution is -2.14. The Kier molecular flexibility index (Phi) is 4.27. The second-order valence-electron chi connectivity index (χ2n) is 4.00. The van der Waals surface area contributed by atoms with E-state index < -0.39 is 28.2 Å². The molecule has 0 spiro atoms. The maximum Gasteiger partial charge on any atom is 0.292 e. The average molecular weight is 357 g/mol. The van der Waals surface area contributed by atoms with Crippen molar-refractivity contribution in [2.45, 2.75) is 0 Å². The first kappa shape index (κ1) is 15.0. The molecule has 108 valence electrons. The summed E-state index contributed by atoms with van der Waals surface area (Å²) in [6, 6.07) is 6.10. The molecule has 0 bridgehead atoms. The van der Waals surface area contributed by atoms with Crippen molar-refractivity contribution in [2.75, 3.05) is 5.32 Å². The Morgan fingerprint density at radius 1 is 1.14 bits per heavy atom. The fourth-order valence-corrected chi connectivity index (χ4v) is 2.06. The minimum atomic E-state index is -0.796. The number of rotatable bonds is 3. The van der Waals surface area contributed by atoms with E-state index in [1.54, 1.807) is 0 Å². The quantitative estimate of drug-likeness (QED) is 0.669. The van der Waals surface area contributed by atoms with Gasteiger partial charge in [0.2, 0.25) is 0 Å². The predicted octanol–water partition coefficient (Wildman–Crippen LogP) is 3.89. The summed E-state index contributed by atoms with van der Waals surface area (Å²) in [4.78, 5) is 22.1. The third-order valence-corrected chi connectivity index (χ3v) is 3.27. The highest BCUT2D eigenvalue weighted by Crippen LogP contribution is 2.26. The lowest BCUT2D eigenvalue weighted by Gasteiger charge is -2.07. The number of carbonyl (C=O) groups excluding carboxylic acids is 1. The number of hydrogen-bond acceptors (Lipinski definition) is 3. The SMILES string of the molecule is O=C(Nc1cc(F)ccc1[N+](=O)[O-])c1cc(F)ccc1Br. The monoisotopic (exact) mass is 356 g/mol. The van der Waals surface area contributed by atoms with Crippen LogP contribution in [0, 0.1) is 21.7 Å². The Morgan fingerprint density at radius 2 is 1.76 bits per heavy atom. The summed E-state index contributed by atoms with van der Waals surface area (Å²) in [5.74, 6) is -2.18. The molecule has 0 aliphatic rings. The molecule has 0 saturated heterocycles. The van der Waals surface area contributed by atoms with Crippen LogP contribution in [0.2, 0.25) is 0 Å². The number of nitro groups is 1. The van der Waals surface area contributed by atoms with Crippen LogP contribution in [0.25, 0.3) is 0 Å². The minimum absolute atomic E-state index is 0.0615. The van der Waals surface area contributed by atoms with Gasteiger partial charge >= 0.3 is 0 Å². The number of carbonyl (C=O) groups is 1. The number of nitrogens with one attached hydrogen (secondary N) is 1. The van der Waals surface area contributed by atoms with Gasteiger partial charge in [-0.2, -0.15) is 0 Å². The van der Waals surface area contributed by atoms with Gasteiger partial charge in [0.25, 0.3) is 11.6 Å². The molecule has 0 aliphatic heterocycles. The Hall–Kier alpha value is -2.35. The van der Waals surface area contributed by atoms with Crippen molar-refractivity contribution < 1.29 is 18.5 Å². The third-order valence-electron chi connectivity index (χ3n) is 2.58. The molecule has 2 aromatic carbocycles.